The van der Waals surface area contributed by atoms with Gasteiger partial charge in [0.05, 0.1) is 7.11 Å². The van der Waals surface area contributed by atoms with Crippen LogP contribution in [0.2, 0.25) is 0 Å². The van der Waals surface area contributed by atoms with Gasteiger partial charge in [0.25, 0.3) is 0 Å². The molecule has 1 heterocycles. The Labute approximate surface area is 174 Å². The van der Waals surface area contributed by atoms with E-state index in [1.807, 2.05) is 54.4 Å². The van der Waals surface area contributed by atoms with Crippen molar-refractivity contribution in [3.05, 3.63) is 65.7 Å². The highest BCUT2D eigenvalue weighted by atomic mass is 16.5. The first-order chi connectivity index (χ1) is 14.2. The Balaban J connectivity index is 1.43. The second-order valence-electron chi connectivity index (χ2n) is 7.90. The molecule has 0 spiro atoms. The van der Waals surface area contributed by atoms with E-state index >= 15 is 0 Å². The van der Waals surface area contributed by atoms with Crippen LogP contribution in [0.3, 0.4) is 0 Å². The summed E-state index contributed by atoms with van der Waals surface area (Å²) in [6, 6.07) is 18.3. The maximum atomic E-state index is 12.4. The number of nitrogens with zero attached hydrogens (tertiary/aromatic N) is 2. The van der Waals surface area contributed by atoms with Crippen LogP contribution in [0, 0.1) is 5.92 Å². The Kier molecular flexibility index (Phi) is 7.94. The first-order valence-corrected chi connectivity index (χ1v) is 10.5. The van der Waals surface area contributed by atoms with Crippen LogP contribution in [0.15, 0.2) is 54.6 Å². The third kappa shape index (κ3) is 6.50. The summed E-state index contributed by atoms with van der Waals surface area (Å²) >= 11 is 0. The van der Waals surface area contributed by atoms with Crippen LogP contribution in [0.25, 0.3) is 0 Å². The summed E-state index contributed by atoms with van der Waals surface area (Å²) in [5.74, 6) is 1.49. The predicted octanol–water partition coefficient (Wildman–Crippen LogP) is 3.79. The van der Waals surface area contributed by atoms with Gasteiger partial charge in [-0.15, -0.1) is 0 Å². The molecule has 0 saturated carbocycles. The van der Waals surface area contributed by atoms with Gasteiger partial charge >= 0.3 is 6.03 Å². The van der Waals surface area contributed by atoms with Gasteiger partial charge in [-0.3, -0.25) is 0 Å². The van der Waals surface area contributed by atoms with Crippen molar-refractivity contribution in [2.75, 3.05) is 40.3 Å². The Hall–Kier alpha value is -2.53. The number of carbonyl (C=O) groups excluding carboxylic acids is 1. The van der Waals surface area contributed by atoms with E-state index in [2.05, 4.69) is 22.3 Å². The van der Waals surface area contributed by atoms with E-state index in [9.17, 15) is 4.79 Å². The number of likely N-dealkylation sites (tertiary alicyclic amines) is 1. The molecule has 2 aromatic carbocycles. The lowest BCUT2D eigenvalue weighted by atomic mass is 9.97. The topological polar surface area (TPSA) is 44.8 Å². The van der Waals surface area contributed by atoms with E-state index in [0.717, 1.165) is 43.9 Å². The number of piperidine rings is 1. The SMILES string of the molecule is COc1ccccc1CCN1CCC[C@@H](CN(C)C(=O)NCc2ccccc2)C1. The maximum absolute atomic E-state index is 12.4. The normalized spacial score (nSPS) is 17.0. The minimum absolute atomic E-state index is 0.00000143. The van der Waals surface area contributed by atoms with E-state index in [1.54, 1.807) is 7.11 Å². The van der Waals surface area contributed by atoms with E-state index in [0.29, 0.717) is 12.5 Å². The first kappa shape index (κ1) is 21.2. The van der Waals surface area contributed by atoms with Crippen LogP contribution in [0.1, 0.15) is 24.0 Å². The molecule has 1 saturated heterocycles. The standard InChI is InChI=1S/C24H33N3O2/c1-26(24(28)25-17-20-9-4-3-5-10-20)18-21-11-8-15-27(19-21)16-14-22-12-6-7-13-23(22)29-2/h3-7,9-10,12-13,21H,8,11,14-19H2,1-2H3,(H,25,28)/t21-/m0/s1. The number of hydrogen-bond donors (Lipinski definition) is 1. The summed E-state index contributed by atoms with van der Waals surface area (Å²) in [7, 11) is 3.63. The van der Waals surface area contributed by atoms with Crippen molar-refractivity contribution < 1.29 is 9.53 Å². The minimum atomic E-state index is -0.00000143. The van der Waals surface area contributed by atoms with E-state index in [1.165, 1.54) is 18.4 Å². The number of amides is 2. The van der Waals surface area contributed by atoms with E-state index in [4.69, 9.17) is 4.74 Å². The molecule has 1 aliphatic rings. The number of methoxy groups -OCH3 is 1. The Morgan fingerprint density at radius 1 is 1.17 bits per heavy atom. The van der Waals surface area contributed by atoms with Gasteiger partial charge in [0.1, 0.15) is 5.75 Å². The Morgan fingerprint density at radius 2 is 1.93 bits per heavy atom. The highest BCUT2D eigenvalue weighted by Crippen LogP contribution is 2.21. The lowest BCUT2D eigenvalue weighted by Crippen LogP contribution is -2.44. The molecule has 0 aromatic heterocycles. The van der Waals surface area contributed by atoms with Gasteiger partial charge in [-0.2, -0.15) is 0 Å². The highest BCUT2D eigenvalue weighted by molar-refractivity contribution is 5.73. The minimum Gasteiger partial charge on any atom is -0.496 e. The number of nitrogens with one attached hydrogen (secondary N) is 1. The highest BCUT2D eigenvalue weighted by Gasteiger charge is 2.22. The largest absolute Gasteiger partial charge is 0.496 e. The van der Waals surface area contributed by atoms with Gasteiger partial charge < -0.3 is 19.9 Å². The molecule has 2 amide bonds. The fraction of sp³-hybridized carbons (Fsp3) is 0.458. The maximum Gasteiger partial charge on any atom is 0.317 e. The molecule has 0 unspecified atom stereocenters. The molecule has 0 radical (unpaired) electrons. The molecule has 5 heteroatoms. The molecule has 0 aliphatic carbocycles. The van der Waals surface area contributed by atoms with Crippen LogP contribution in [-0.2, 0) is 13.0 Å². The van der Waals surface area contributed by atoms with E-state index in [-0.39, 0.29) is 6.03 Å². The summed E-state index contributed by atoms with van der Waals surface area (Å²) in [5, 5.41) is 3.02. The fourth-order valence-electron chi connectivity index (χ4n) is 4.07. The molecule has 1 N–H and O–H groups in total. The van der Waals surface area contributed by atoms with Crippen LogP contribution < -0.4 is 10.1 Å². The summed E-state index contributed by atoms with van der Waals surface area (Å²) in [6.07, 6.45) is 3.36. The zero-order valence-electron chi connectivity index (χ0n) is 17.6. The monoisotopic (exact) mass is 395 g/mol. The summed E-state index contributed by atoms with van der Waals surface area (Å²) < 4.78 is 5.47. The fourth-order valence-corrected chi connectivity index (χ4v) is 4.07. The van der Waals surface area contributed by atoms with Gasteiger partial charge in [-0.05, 0) is 48.9 Å². The van der Waals surface area contributed by atoms with Crippen molar-refractivity contribution >= 4 is 6.03 Å². The summed E-state index contributed by atoms with van der Waals surface area (Å²) in [5.41, 5.74) is 2.38. The lowest BCUT2D eigenvalue weighted by molar-refractivity contribution is 0.146. The molecule has 1 atom stereocenters. The zero-order valence-corrected chi connectivity index (χ0v) is 17.6. The van der Waals surface area contributed by atoms with Gasteiger partial charge in [0, 0.05) is 33.2 Å². The molecule has 1 aliphatic heterocycles. The van der Waals surface area contributed by atoms with Crippen LogP contribution >= 0.6 is 0 Å². The number of benzene rings is 2. The quantitative estimate of drug-likeness (QED) is 0.740. The third-order valence-electron chi connectivity index (χ3n) is 5.66. The number of hydrogen-bond acceptors (Lipinski definition) is 3. The molecule has 156 valence electrons. The number of carbonyl (C=O) groups is 1. The molecule has 0 bridgehead atoms. The van der Waals surface area contributed by atoms with Crippen molar-refractivity contribution in [1.82, 2.24) is 15.1 Å². The van der Waals surface area contributed by atoms with Crippen molar-refractivity contribution in [2.45, 2.75) is 25.8 Å². The molecular weight excluding hydrogens is 362 g/mol. The van der Waals surface area contributed by atoms with Crippen molar-refractivity contribution in [3.63, 3.8) is 0 Å². The van der Waals surface area contributed by atoms with Gasteiger partial charge in [0.2, 0.25) is 0 Å². The lowest BCUT2D eigenvalue weighted by Gasteiger charge is -2.34. The number of urea groups is 1. The molecular formula is C24H33N3O2. The second kappa shape index (κ2) is 10.9. The van der Waals surface area contributed by atoms with Crippen LogP contribution in [-0.4, -0.2) is 56.2 Å². The molecule has 29 heavy (non-hydrogen) atoms. The molecule has 3 rings (SSSR count). The van der Waals surface area contributed by atoms with Gasteiger partial charge in [-0.1, -0.05) is 48.5 Å². The van der Waals surface area contributed by atoms with Crippen LogP contribution in [0.5, 0.6) is 5.75 Å². The molecule has 2 aromatic rings. The predicted molar refractivity (Wildman–Crippen MR) is 117 cm³/mol. The number of rotatable bonds is 8. The van der Waals surface area contributed by atoms with E-state index < -0.39 is 0 Å². The van der Waals surface area contributed by atoms with Gasteiger partial charge in [-0.25, -0.2) is 4.79 Å². The zero-order chi connectivity index (χ0) is 20.5. The first-order valence-electron chi connectivity index (χ1n) is 10.5. The summed E-state index contributed by atoms with van der Waals surface area (Å²) in [4.78, 5) is 16.8. The summed E-state index contributed by atoms with van der Waals surface area (Å²) in [6.45, 7) is 4.58. The average Bonchev–Trinajstić information content (AvgIpc) is 2.77. The second-order valence-corrected chi connectivity index (χ2v) is 7.90. The van der Waals surface area contributed by atoms with Crippen LogP contribution in [0.4, 0.5) is 4.79 Å². The van der Waals surface area contributed by atoms with Gasteiger partial charge in [0.15, 0.2) is 0 Å². The van der Waals surface area contributed by atoms with Crippen molar-refractivity contribution in [1.29, 1.82) is 0 Å². The number of ether oxygens (including phenoxy) is 1. The Morgan fingerprint density at radius 3 is 2.72 bits per heavy atom. The molecule has 1 fully saturated rings. The van der Waals surface area contributed by atoms with Crippen molar-refractivity contribution in [2.24, 2.45) is 5.92 Å². The smallest absolute Gasteiger partial charge is 0.317 e. The number of para-hydroxylation sites is 1. The Bertz CT molecular complexity index is 766. The molecule has 5 nitrogen and oxygen atoms in total. The van der Waals surface area contributed by atoms with Crippen molar-refractivity contribution in [3.8, 4) is 5.75 Å². The third-order valence-corrected chi connectivity index (χ3v) is 5.66. The average molecular weight is 396 g/mol.